The second-order valence-corrected chi connectivity index (χ2v) is 3.49. The molecule has 0 amide bonds. The minimum absolute atomic E-state index is 0.505. The van der Waals surface area contributed by atoms with Crippen molar-refractivity contribution >= 4 is 5.69 Å². The highest BCUT2D eigenvalue weighted by molar-refractivity contribution is 5.41. The second kappa shape index (κ2) is 4.33. The van der Waals surface area contributed by atoms with Crippen molar-refractivity contribution in [1.29, 1.82) is 0 Å². The van der Waals surface area contributed by atoms with Crippen molar-refractivity contribution in [3.8, 4) is 5.75 Å². The van der Waals surface area contributed by atoms with Crippen LogP contribution in [-0.4, -0.2) is 19.3 Å². The standard InChI is InChI=1S/C11H15NO2/c12-9-1-3-10(4-2-9)13-7-8-14-11-5-6-11/h1-4,11H,5-8,12H2. The normalized spacial score (nSPS) is 15.4. The van der Waals surface area contributed by atoms with E-state index in [2.05, 4.69) is 0 Å². The average molecular weight is 193 g/mol. The molecule has 3 nitrogen and oxygen atoms in total. The first-order valence-electron chi connectivity index (χ1n) is 4.94. The van der Waals surface area contributed by atoms with Crippen LogP contribution in [0.25, 0.3) is 0 Å². The van der Waals surface area contributed by atoms with Crippen LogP contribution < -0.4 is 10.5 Å². The van der Waals surface area contributed by atoms with Crippen molar-refractivity contribution in [2.24, 2.45) is 0 Å². The fourth-order valence-electron chi connectivity index (χ4n) is 1.17. The van der Waals surface area contributed by atoms with Crippen LogP contribution in [0.3, 0.4) is 0 Å². The summed E-state index contributed by atoms with van der Waals surface area (Å²) in [6.45, 7) is 1.29. The number of rotatable bonds is 5. The van der Waals surface area contributed by atoms with Gasteiger partial charge >= 0.3 is 0 Å². The summed E-state index contributed by atoms with van der Waals surface area (Å²) in [5.41, 5.74) is 6.31. The molecule has 2 rings (SSSR count). The van der Waals surface area contributed by atoms with Gasteiger partial charge in [-0.1, -0.05) is 0 Å². The van der Waals surface area contributed by atoms with Crippen LogP contribution in [0.2, 0.25) is 0 Å². The molecular formula is C11H15NO2. The van der Waals surface area contributed by atoms with Gasteiger partial charge in [0.1, 0.15) is 12.4 Å². The van der Waals surface area contributed by atoms with E-state index < -0.39 is 0 Å². The molecule has 0 spiro atoms. The van der Waals surface area contributed by atoms with Gasteiger partial charge in [0.2, 0.25) is 0 Å². The Morgan fingerprint density at radius 3 is 2.50 bits per heavy atom. The van der Waals surface area contributed by atoms with E-state index in [0.717, 1.165) is 11.4 Å². The van der Waals surface area contributed by atoms with Gasteiger partial charge < -0.3 is 15.2 Å². The van der Waals surface area contributed by atoms with E-state index >= 15 is 0 Å². The third-order valence-electron chi connectivity index (χ3n) is 2.11. The summed E-state index contributed by atoms with van der Waals surface area (Å²) < 4.78 is 10.9. The maximum absolute atomic E-state index is 5.55. The Morgan fingerprint density at radius 2 is 1.86 bits per heavy atom. The van der Waals surface area contributed by atoms with Crippen LogP contribution in [0.15, 0.2) is 24.3 Å². The molecule has 0 bridgehead atoms. The number of nitrogen functional groups attached to an aromatic ring is 1. The van der Waals surface area contributed by atoms with Gasteiger partial charge in [0.15, 0.2) is 0 Å². The zero-order valence-electron chi connectivity index (χ0n) is 8.11. The van der Waals surface area contributed by atoms with Crippen LogP contribution >= 0.6 is 0 Å². The summed E-state index contributed by atoms with van der Waals surface area (Å²) in [5, 5.41) is 0. The van der Waals surface area contributed by atoms with Gasteiger partial charge in [-0.25, -0.2) is 0 Å². The molecule has 1 aliphatic rings. The first-order valence-corrected chi connectivity index (χ1v) is 4.94. The summed E-state index contributed by atoms with van der Waals surface area (Å²) in [5.74, 6) is 0.846. The molecule has 76 valence electrons. The van der Waals surface area contributed by atoms with Crippen LogP contribution in [0.5, 0.6) is 5.75 Å². The van der Waals surface area contributed by atoms with Crippen molar-refractivity contribution in [2.45, 2.75) is 18.9 Å². The molecule has 1 aliphatic carbocycles. The lowest BCUT2D eigenvalue weighted by molar-refractivity contribution is 0.0881. The molecule has 0 unspecified atom stereocenters. The molecule has 1 aromatic rings. The summed E-state index contributed by atoms with van der Waals surface area (Å²) in [6.07, 6.45) is 2.93. The van der Waals surface area contributed by atoms with E-state index in [-0.39, 0.29) is 0 Å². The van der Waals surface area contributed by atoms with Gasteiger partial charge in [0, 0.05) is 5.69 Å². The van der Waals surface area contributed by atoms with Crippen LogP contribution in [0.4, 0.5) is 5.69 Å². The lowest BCUT2D eigenvalue weighted by atomic mass is 10.3. The van der Waals surface area contributed by atoms with Gasteiger partial charge in [-0.15, -0.1) is 0 Å². The maximum atomic E-state index is 5.55. The van der Waals surface area contributed by atoms with E-state index in [0.29, 0.717) is 19.3 Å². The van der Waals surface area contributed by atoms with Crippen LogP contribution in [0.1, 0.15) is 12.8 Å². The Kier molecular flexibility index (Phi) is 2.89. The first kappa shape index (κ1) is 9.34. The number of hydrogen-bond acceptors (Lipinski definition) is 3. The average Bonchev–Trinajstić information content (AvgIpc) is 2.99. The molecule has 1 saturated carbocycles. The highest BCUT2D eigenvalue weighted by Gasteiger charge is 2.21. The summed E-state index contributed by atoms with van der Waals surface area (Å²) in [7, 11) is 0. The number of hydrogen-bond donors (Lipinski definition) is 1. The van der Waals surface area contributed by atoms with Gasteiger partial charge in [0.05, 0.1) is 12.7 Å². The highest BCUT2D eigenvalue weighted by atomic mass is 16.5. The van der Waals surface area contributed by atoms with Gasteiger partial charge in [-0.3, -0.25) is 0 Å². The van der Waals surface area contributed by atoms with E-state index in [9.17, 15) is 0 Å². The van der Waals surface area contributed by atoms with Crippen molar-refractivity contribution in [3.63, 3.8) is 0 Å². The molecule has 0 aromatic heterocycles. The lowest BCUT2D eigenvalue weighted by Gasteiger charge is -2.06. The summed E-state index contributed by atoms with van der Waals surface area (Å²) >= 11 is 0. The third-order valence-corrected chi connectivity index (χ3v) is 2.11. The molecule has 3 heteroatoms. The molecule has 0 aliphatic heterocycles. The molecule has 0 saturated heterocycles. The van der Waals surface area contributed by atoms with Crippen LogP contribution in [-0.2, 0) is 4.74 Å². The van der Waals surface area contributed by atoms with E-state index in [1.165, 1.54) is 12.8 Å². The van der Waals surface area contributed by atoms with Crippen molar-refractivity contribution in [2.75, 3.05) is 18.9 Å². The van der Waals surface area contributed by atoms with Gasteiger partial charge in [-0.2, -0.15) is 0 Å². The van der Waals surface area contributed by atoms with Gasteiger partial charge in [0.25, 0.3) is 0 Å². The Balaban J connectivity index is 1.66. The predicted octanol–water partition coefficient (Wildman–Crippen LogP) is 1.83. The van der Waals surface area contributed by atoms with Crippen molar-refractivity contribution < 1.29 is 9.47 Å². The molecular weight excluding hydrogens is 178 g/mol. The Labute approximate surface area is 83.8 Å². The summed E-state index contributed by atoms with van der Waals surface area (Å²) in [6, 6.07) is 7.40. The number of anilines is 1. The Hall–Kier alpha value is -1.22. The highest BCUT2D eigenvalue weighted by Crippen LogP contribution is 2.23. The zero-order valence-corrected chi connectivity index (χ0v) is 8.11. The molecule has 0 radical (unpaired) electrons. The first-order chi connectivity index (χ1) is 6.84. The monoisotopic (exact) mass is 193 g/mol. The smallest absolute Gasteiger partial charge is 0.119 e. The maximum Gasteiger partial charge on any atom is 0.119 e. The Bertz CT molecular complexity index is 280. The topological polar surface area (TPSA) is 44.5 Å². The van der Waals surface area contributed by atoms with E-state index in [1.807, 2.05) is 24.3 Å². The minimum atomic E-state index is 0.505. The predicted molar refractivity (Wildman–Crippen MR) is 55.3 cm³/mol. The fraction of sp³-hybridized carbons (Fsp3) is 0.455. The SMILES string of the molecule is Nc1ccc(OCCOC2CC2)cc1. The second-order valence-electron chi connectivity index (χ2n) is 3.49. The largest absolute Gasteiger partial charge is 0.491 e. The molecule has 0 heterocycles. The molecule has 0 atom stereocenters. The Morgan fingerprint density at radius 1 is 1.14 bits per heavy atom. The zero-order chi connectivity index (χ0) is 9.80. The van der Waals surface area contributed by atoms with Crippen molar-refractivity contribution in [3.05, 3.63) is 24.3 Å². The molecule has 14 heavy (non-hydrogen) atoms. The molecule has 1 aromatic carbocycles. The van der Waals surface area contributed by atoms with Gasteiger partial charge in [-0.05, 0) is 37.1 Å². The third kappa shape index (κ3) is 2.92. The molecule has 1 fully saturated rings. The minimum Gasteiger partial charge on any atom is -0.491 e. The quantitative estimate of drug-likeness (QED) is 0.573. The number of ether oxygens (including phenoxy) is 2. The molecule has 2 N–H and O–H groups in total. The van der Waals surface area contributed by atoms with E-state index in [1.54, 1.807) is 0 Å². The van der Waals surface area contributed by atoms with E-state index in [4.69, 9.17) is 15.2 Å². The fourth-order valence-corrected chi connectivity index (χ4v) is 1.17. The summed E-state index contributed by atoms with van der Waals surface area (Å²) in [4.78, 5) is 0. The van der Waals surface area contributed by atoms with Crippen molar-refractivity contribution in [1.82, 2.24) is 0 Å². The van der Waals surface area contributed by atoms with Crippen LogP contribution in [0, 0.1) is 0 Å². The lowest BCUT2D eigenvalue weighted by Crippen LogP contribution is -2.07. The number of nitrogens with two attached hydrogens (primary N) is 1. The number of benzene rings is 1.